The van der Waals surface area contributed by atoms with Gasteiger partial charge in [-0.3, -0.25) is 4.79 Å². The lowest BCUT2D eigenvalue weighted by Gasteiger charge is -2.28. The highest BCUT2D eigenvalue weighted by Crippen LogP contribution is 2.31. The fraction of sp³-hybridized carbons (Fsp3) is 0.421. The predicted octanol–water partition coefficient (Wildman–Crippen LogP) is 3.83. The van der Waals surface area contributed by atoms with Gasteiger partial charge < -0.3 is 14.9 Å². The van der Waals surface area contributed by atoms with E-state index in [1.165, 1.54) is 16.2 Å². The van der Waals surface area contributed by atoms with Gasteiger partial charge in [0.2, 0.25) is 0 Å². The number of likely N-dealkylation sites (tertiary alicyclic amines) is 1. The molecule has 7 heteroatoms. The average Bonchev–Trinajstić information content (AvgIpc) is 3.17. The zero-order valence-electron chi connectivity index (χ0n) is 15.0. The number of benzene rings is 1. The summed E-state index contributed by atoms with van der Waals surface area (Å²) in [6.45, 7) is 3.05. The first-order valence-electron chi connectivity index (χ1n) is 8.72. The summed E-state index contributed by atoms with van der Waals surface area (Å²) in [5.41, 5.74) is 1.55. The van der Waals surface area contributed by atoms with Crippen LogP contribution < -0.4 is 0 Å². The van der Waals surface area contributed by atoms with E-state index < -0.39 is 6.09 Å². The molecule has 3 rings (SSSR count). The van der Waals surface area contributed by atoms with Gasteiger partial charge >= 0.3 is 6.09 Å². The SMILES string of the molecule is C[C@H](c1ccccc1)N(C)C(=O)c1csc(C2CCN(C(=O)O)CC2)n1. The van der Waals surface area contributed by atoms with Crippen LogP contribution in [-0.4, -0.2) is 52.0 Å². The van der Waals surface area contributed by atoms with Crippen LogP contribution in [-0.2, 0) is 0 Å². The molecule has 1 atom stereocenters. The molecule has 138 valence electrons. The lowest BCUT2D eigenvalue weighted by Crippen LogP contribution is -2.36. The van der Waals surface area contributed by atoms with Crippen molar-refractivity contribution in [3.63, 3.8) is 0 Å². The molecule has 2 aromatic rings. The normalized spacial score (nSPS) is 16.3. The van der Waals surface area contributed by atoms with Crippen molar-refractivity contribution in [2.45, 2.75) is 31.7 Å². The number of thiazole rings is 1. The molecule has 0 bridgehead atoms. The number of hydrogen-bond acceptors (Lipinski definition) is 4. The highest BCUT2D eigenvalue weighted by atomic mass is 32.1. The maximum Gasteiger partial charge on any atom is 0.407 e. The van der Waals surface area contributed by atoms with E-state index in [0.717, 1.165) is 23.4 Å². The lowest BCUT2D eigenvalue weighted by molar-refractivity contribution is 0.0737. The fourth-order valence-electron chi connectivity index (χ4n) is 3.20. The number of nitrogens with zero attached hydrogens (tertiary/aromatic N) is 3. The summed E-state index contributed by atoms with van der Waals surface area (Å²) < 4.78 is 0. The molecule has 1 aromatic carbocycles. The van der Waals surface area contributed by atoms with Crippen molar-refractivity contribution < 1.29 is 14.7 Å². The maximum absolute atomic E-state index is 12.8. The van der Waals surface area contributed by atoms with Gasteiger partial charge in [0.05, 0.1) is 11.0 Å². The van der Waals surface area contributed by atoms with Crippen molar-refractivity contribution in [3.05, 3.63) is 52.0 Å². The first-order valence-corrected chi connectivity index (χ1v) is 9.60. The van der Waals surface area contributed by atoms with Crippen molar-refractivity contribution in [2.24, 2.45) is 0 Å². The van der Waals surface area contributed by atoms with E-state index in [1.54, 1.807) is 11.9 Å². The molecule has 2 amide bonds. The van der Waals surface area contributed by atoms with E-state index in [-0.39, 0.29) is 17.9 Å². The lowest BCUT2D eigenvalue weighted by atomic mass is 9.98. The van der Waals surface area contributed by atoms with Crippen LogP contribution >= 0.6 is 11.3 Å². The molecule has 1 saturated heterocycles. The number of rotatable bonds is 4. The molecule has 0 unspecified atom stereocenters. The molecule has 1 aliphatic heterocycles. The standard InChI is InChI=1S/C19H23N3O3S/c1-13(14-6-4-3-5-7-14)21(2)18(23)16-12-26-17(20-16)15-8-10-22(11-9-15)19(24)25/h3-7,12-13,15H,8-11H2,1-2H3,(H,24,25)/t13-/m1/s1. The summed E-state index contributed by atoms with van der Waals surface area (Å²) in [6.07, 6.45) is 0.642. The summed E-state index contributed by atoms with van der Waals surface area (Å²) in [5.74, 6) is 0.140. The van der Waals surface area contributed by atoms with Gasteiger partial charge in [0.15, 0.2) is 0 Å². The highest BCUT2D eigenvalue weighted by molar-refractivity contribution is 7.09. The molecule has 0 radical (unpaired) electrons. The molecule has 1 N–H and O–H groups in total. The number of hydrogen-bond donors (Lipinski definition) is 1. The molecule has 6 nitrogen and oxygen atoms in total. The van der Waals surface area contributed by atoms with Crippen LogP contribution in [0.5, 0.6) is 0 Å². The Labute approximate surface area is 157 Å². The average molecular weight is 373 g/mol. The molecule has 0 spiro atoms. The summed E-state index contributed by atoms with van der Waals surface area (Å²) in [6, 6.07) is 9.88. The van der Waals surface area contributed by atoms with Crippen molar-refractivity contribution in [1.29, 1.82) is 0 Å². The second-order valence-electron chi connectivity index (χ2n) is 6.62. The monoisotopic (exact) mass is 373 g/mol. The maximum atomic E-state index is 12.8. The Morgan fingerprint density at radius 3 is 2.54 bits per heavy atom. The van der Waals surface area contributed by atoms with Crippen molar-refractivity contribution in [1.82, 2.24) is 14.8 Å². The third kappa shape index (κ3) is 3.88. The van der Waals surface area contributed by atoms with Crippen molar-refractivity contribution in [2.75, 3.05) is 20.1 Å². The number of aromatic nitrogens is 1. The Balaban J connectivity index is 1.66. The summed E-state index contributed by atoms with van der Waals surface area (Å²) in [4.78, 5) is 31.5. The van der Waals surface area contributed by atoms with E-state index in [2.05, 4.69) is 4.98 Å². The van der Waals surface area contributed by atoms with Crippen molar-refractivity contribution in [3.8, 4) is 0 Å². The van der Waals surface area contributed by atoms with Crippen LogP contribution in [0.2, 0.25) is 0 Å². The molecular formula is C19H23N3O3S. The zero-order chi connectivity index (χ0) is 18.7. The van der Waals surface area contributed by atoms with Gasteiger partial charge in [-0.05, 0) is 25.3 Å². The Hall–Kier alpha value is -2.41. The summed E-state index contributed by atoms with van der Waals surface area (Å²) in [5, 5.41) is 11.8. The number of carbonyl (C=O) groups is 2. The Kier molecular flexibility index (Phi) is 5.56. The van der Waals surface area contributed by atoms with E-state index in [9.17, 15) is 9.59 Å². The molecule has 2 heterocycles. The summed E-state index contributed by atoms with van der Waals surface area (Å²) in [7, 11) is 1.80. The van der Waals surface area contributed by atoms with E-state index in [0.29, 0.717) is 18.8 Å². The molecule has 1 fully saturated rings. The van der Waals surface area contributed by atoms with Crippen LogP contribution in [0.3, 0.4) is 0 Å². The van der Waals surface area contributed by atoms with Gasteiger partial charge in [0.1, 0.15) is 5.69 Å². The Morgan fingerprint density at radius 1 is 1.27 bits per heavy atom. The third-order valence-corrected chi connectivity index (χ3v) is 6.05. The number of carboxylic acid groups (broad SMARTS) is 1. The fourth-order valence-corrected chi connectivity index (χ4v) is 4.17. The van der Waals surface area contributed by atoms with Gasteiger partial charge in [-0.25, -0.2) is 9.78 Å². The number of piperidine rings is 1. The van der Waals surface area contributed by atoms with E-state index in [4.69, 9.17) is 5.11 Å². The van der Waals surface area contributed by atoms with Gasteiger partial charge in [-0.15, -0.1) is 11.3 Å². The van der Waals surface area contributed by atoms with Crippen LogP contribution in [0.1, 0.15) is 52.8 Å². The minimum atomic E-state index is -0.866. The van der Waals surface area contributed by atoms with Crippen LogP contribution in [0.25, 0.3) is 0 Å². The minimum absolute atomic E-state index is 0.0346. The summed E-state index contributed by atoms with van der Waals surface area (Å²) >= 11 is 1.49. The quantitative estimate of drug-likeness (QED) is 0.884. The Morgan fingerprint density at radius 2 is 1.92 bits per heavy atom. The van der Waals surface area contributed by atoms with Gasteiger partial charge in [0, 0.05) is 31.4 Å². The van der Waals surface area contributed by atoms with E-state index in [1.807, 2.05) is 42.6 Å². The van der Waals surface area contributed by atoms with Gasteiger partial charge in [0.25, 0.3) is 5.91 Å². The Bertz CT molecular complexity index is 769. The highest BCUT2D eigenvalue weighted by Gasteiger charge is 2.27. The van der Waals surface area contributed by atoms with Gasteiger partial charge in [-0.1, -0.05) is 30.3 Å². The third-order valence-electron chi connectivity index (χ3n) is 5.04. The minimum Gasteiger partial charge on any atom is -0.465 e. The molecule has 1 aromatic heterocycles. The van der Waals surface area contributed by atoms with Gasteiger partial charge in [-0.2, -0.15) is 0 Å². The van der Waals surface area contributed by atoms with Crippen LogP contribution in [0.15, 0.2) is 35.7 Å². The molecule has 0 saturated carbocycles. The molecule has 26 heavy (non-hydrogen) atoms. The largest absolute Gasteiger partial charge is 0.465 e. The topological polar surface area (TPSA) is 73.7 Å². The first-order chi connectivity index (χ1) is 12.5. The van der Waals surface area contributed by atoms with Crippen molar-refractivity contribution >= 4 is 23.3 Å². The second-order valence-corrected chi connectivity index (χ2v) is 7.51. The molecule has 0 aliphatic carbocycles. The molecular weight excluding hydrogens is 350 g/mol. The molecule has 1 aliphatic rings. The van der Waals surface area contributed by atoms with Crippen LogP contribution in [0, 0.1) is 0 Å². The smallest absolute Gasteiger partial charge is 0.407 e. The second kappa shape index (κ2) is 7.86. The predicted molar refractivity (Wildman–Crippen MR) is 101 cm³/mol. The zero-order valence-corrected chi connectivity index (χ0v) is 15.8. The number of carbonyl (C=O) groups excluding carboxylic acids is 1. The number of amides is 2. The van der Waals surface area contributed by atoms with E-state index >= 15 is 0 Å². The van der Waals surface area contributed by atoms with Crippen LogP contribution in [0.4, 0.5) is 4.79 Å². The first kappa shape index (κ1) is 18.4.